The van der Waals surface area contributed by atoms with Crippen molar-refractivity contribution >= 4 is 5.97 Å². The minimum Gasteiger partial charge on any atom is -0.462 e. The Bertz CT molecular complexity index is 613. The van der Waals surface area contributed by atoms with Crippen LogP contribution in [0.4, 0.5) is 0 Å². The molecule has 1 aliphatic rings. The molecule has 1 saturated heterocycles. The predicted molar refractivity (Wildman–Crippen MR) is 109 cm³/mol. The van der Waals surface area contributed by atoms with Crippen molar-refractivity contribution in [1.82, 2.24) is 5.06 Å². The average Bonchev–Trinajstić information content (AvgIpc) is 2.67. The van der Waals surface area contributed by atoms with Gasteiger partial charge < -0.3 is 4.74 Å². The minimum absolute atomic E-state index is 0.0352. The number of hydrogen-bond acceptors (Lipinski definition) is 4. The van der Waals surface area contributed by atoms with Gasteiger partial charge in [0.2, 0.25) is 0 Å². The number of esters is 1. The Morgan fingerprint density at radius 3 is 2.26 bits per heavy atom. The standard InChI is InChI=1S/C23H37NO3/c1-8-22(7)16-21(26-19(6)25)17(4)23(9-2,10-3)24(22)27-18(5)20-14-12-11-13-15-20/h11-15,17-18,21H,8-10,16H2,1-7H3. The lowest BCUT2D eigenvalue weighted by Crippen LogP contribution is -2.69. The van der Waals surface area contributed by atoms with E-state index in [0.29, 0.717) is 0 Å². The van der Waals surface area contributed by atoms with E-state index in [1.807, 2.05) is 6.07 Å². The van der Waals surface area contributed by atoms with Gasteiger partial charge in [0.25, 0.3) is 0 Å². The van der Waals surface area contributed by atoms with Gasteiger partial charge in [-0.3, -0.25) is 9.63 Å². The quantitative estimate of drug-likeness (QED) is 0.575. The lowest BCUT2D eigenvalue weighted by atomic mass is 9.67. The largest absolute Gasteiger partial charge is 0.462 e. The molecule has 27 heavy (non-hydrogen) atoms. The first kappa shape index (κ1) is 21.9. The number of nitrogens with zero attached hydrogens (tertiary/aromatic N) is 1. The zero-order valence-corrected chi connectivity index (χ0v) is 18.1. The summed E-state index contributed by atoms with van der Waals surface area (Å²) < 4.78 is 5.78. The second kappa shape index (κ2) is 8.74. The number of piperidine rings is 1. The summed E-state index contributed by atoms with van der Waals surface area (Å²) in [6.45, 7) is 14.7. The van der Waals surface area contributed by atoms with Crippen molar-refractivity contribution in [2.24, 2.45) is 5.92 Å². The zero-order chi connectivity index (χ0) is 20.2. The second-order valence-corrected chi connectivity index (χ2v) is 8.25. The molecule has 2 rings (SSSR count). The molecule has 1 aromatic rings. The van der Waals surface area contributed by atoms with Crippen molar-refractivity contribution in [2.75, 3.05) is 0 Å². The third kappa shape index (κ3) is 4.22. The van der Waals surface area contributed by atoms with E-state index in [2.05, 4.69) is 70.9 Å². The molecule has 0 bridgehead atoms. The van der Waals surface area contributed by atoms with Gasteiger partial charge in [0.15, 0.2) is 0 Å². The Labute approximate surface area is 165 Å². The highest BCUT2D eigenvalue weighted by molar-refractivity contribution is 5.66. The molecule has 1 fully saturated rings. The van der Waals surface area contributed by atoms with Crippen LogP contribution in [0.25, 0.3) is 0 Å². The van der Waals surface area contributed by atoms with E-state index in [1.54, 1.807) is 0 Å². The number of carbonyl (C=O) groups is 1. The molecule has 4 atom stereocenters. The molecule has 1 heterocycles. The fraction of sp³-hybridized carbons (Fsp3) is 0.696. The minimum atomic E-state index is -0.196. The highest BCUT2D eigenvalue weighted by atomic mass is 16.7. The molecule has 0 amide bonds. The van der Waals surface area contributed by atoms with E-state index in [-0.39, 0.29) is 35.2 Å². The summed E-state index contributed by atoms with van der Waals surface area (Å²) in [5.41, 5.74) is 0.806. The van der Waals surface area contributed by atoms with Crippen LogP contribution in [0, 0.1) is 5.92 Å². The summed E-state index contributed by atoms with van der Waals surface area (Å²) in [5.74, 6) is -0.00238. The van der Waals surface area contributed by atoms with Crippen molar-refractivity contribution < 1.29 is 14.4 Å². The number of rotatable bonds is 7. The van der Waals surface area contributed by atoms with Crippen LogP contribution < -0.4 is 0 Å². The van der Waals surface area contributed by atoms with E-state index >= 15 is 0 Å². The van der Waals surface area contributed by atoms with Crippen molar-refractivity contribution in [3.63, 3.8) is 0 Å². The fourth-order valence-corrected chi connectivity index (χ4v) is 4.76. The van der Waals surface area contributed by atoms with Gasteiger partial charge in [-0.15, -0.1) is 0 Å². The first-order valence-corrected chi connectivity index (χ1v) is 10.4. The molecular weight excluding hydrogens is 338 g/mol. The van der Waals surface area contributed by atoms with E-state index < -0.39 is 0 Å². The number of ether oxygens (including phenoxy) is 1. The SMILES string of the molecule is CCC1(C)CC(OC(C)=O)C(C)C(CC)(CC)N1OC(C)c1ccccc1. The van der Waals surface area contributed by atoms with Gasteiger partial charge in [-0.1, -0.05) is 58.0 Å². The van der Waals surface area contributed by atoms with Crippen LogP contribution in [0.5, 0.6) is 0 Å². The number of carbonyl (C=O) groups excluding carboxylic acids is 1. The molecule has 0 aliphatic carbocycles. The highest BCUT2D eigenvalue weighted by Gasteiger charge is 2.56. The van der Waals surface area contributed by atoms with Crippen molar-refractivity contribution in [3.05, 3.63) is 35.9 Å². The van der Waals surface area contributed by atoms with Gasteiger partial charge in [-0.2, -0.15) is 5.06 Å². The van der Waals surface area contributed by atoms with E-state index in [0.717, 1.165) is 25.7 Å². The van der Waals surface area contributed by atoms with Crippen molar-refractivity contribution in [2.45, 2.75) is 97.4 Å². The lowest BCUT2D eigenvalue weighted by Gasteiger charge is -2.60. The Kier molecular flexibility index (Phi) is 7.09. The van der Waals surface area contributed by atoms with Crippen LogP contribution in [-0.4, -0.2) is 28.2 Å². The van der Waals surface area contributed by atoms with Crippen LogP contribution >= 0.6 is 0 Å². The molecule has 0 N–H and O–H groups in total. The first-order chi connectivity index (χ1) is 12.7. The predicted octanol–water partition coefficient (Wildman–Crippen LogP) is 5.68. The van der Waals surface area contributed by atoms with Gasteiger partial charge in [0.1, 0.15) is 12.2 Å². The summed E-state index contributed by atoms with van der Waals surface area (Å²) >= 11 is 0. The Hall–Kier alpha value is -1.39. The third-order valence-electron chi connectivity index (χ3n) is 6.78. The maximum atomic E-state index is 11.7. The summed E-state index contributed by atoms with van der Waals surface area (Å²) in [4.78, 5) is 18.4. The monoisotopic (exact) mass is 375 g/mol. The summed E-state index contributed by atoms with van der Waals surface area (Å²) in [7, 11) is 0. The molecule has 4 unspecified atom stereocenters. The van der Waals surface area contributed by atoms with Crippen LogP contribution in [0.3, 0.4) is 0 Å². The van der Waals surface area contributed by atoms with Crippen molar-refractivity contribution in [1.29, 1.82) is 0 Å². The molecule has 1 aromatic carbocycles. The summed E-state index contributed by atoms with van der Waals surface area (Å²) in [6, 6.07) is 10.4. The molecular formula is C23H37NO3. The number of hydrogen-bond donors (Lipinski definition) is 0. The molecule has 4 nitrogen and oxygen atoms in total. The van der Waals surface area contributed by atoms with Crippen LogP contribution in [0.2, 0.25) is 0 Å². The highest BCUT2D eigenvalue weighted by Crippen LogP contribution is 2.49. The fourth-order valence-electron chi connectivity index (χ4n) is 4.76. The molecule has 0 spiro atoms. The van der Waals surface area contributed by atoms with Gasteiger partial charge in [0, 0.05) is 24.8 Å². The normalized spacial score (nSPS) is 29.3. The number of benzene rings is 1. The molecule has 1 aliphatic heterocycles. The zero-order valence-electron chi connectivity index (χ0n) is 18.1. The Balaban J connectivity index is 2.42. The summed E-state index contributed by atoms with van der Waals surface area (Å²) in [6.07, 6.45) is 3.49. The molecule has 0 aromatic heterocycles. The maximum Gasteiger partial charge on any atom is 0.302 e. The molecule has 4 heteroatoms. The van der Waals surface area contributed by atoms with Gasteiger partial charge in [0.05, 0.1) is 5.54 Å². The third-order valence-corrected chi connectivity index (χ3v) is 6.78. The average molecular weight is 376 g/mol. The van der Waals surface area contributed by atoms with Gasteiger partial charge in [-0.25, -0.2) is 0 Å². The number of hydroxylamine groups is 2. The van der Waals surface area contributed by atoms with Crippen molar-refractivity contribution in [3.8, 4) is 0 Å². The Morgan fingerprint density at radius 2 is 1.78 bits per heavy atom. The van der Waals surface area contributed by atoms with Gasteiger partial charge in [-0.05, 0) is 38.7 Å². The molecule has 152 valence electrons. The molecule has 0 radical (unpaired) electrons. The van der Waals surface area contributed by atoms with E-state index in [9.17, 15) is 4.79 Å². The maximum absolute atomic E-state index is 11.7. The second-order valence-electron chi connectivity index (χ2n) is 8.25. The lowest BCUT2D eigenvalue weighted by molar-refractivity contribution is -0.341. The van der Waals surface area contributed by atoms with E-state index in [4.69, 9.17) is 9.57 Å². The van der Waals surface area contributed by atoms with Crippen LogP contribution in [0.15, 0.2) is 30.3 Å². The van der Waals surface area contributed by atoms with E-state index in [1.165, 1.54) is 12.5 Å². The van der Waals surface area contributed by atoms with Gasteiger partial charge >= 0.3 is 5.97 Å². The van der Waals surface area contributed by atoms with Crippen LogP contribution in [0.1, 0.15) is 85.8 Å². The Morgan fingerprint density at radius 1 is 1.19 bits per heavy atom. The topological polar surface area (TPSA) is 38.8 Å². The smallest absolute Gasteiger partial charge is 0.302 e. The van der Waals surface area contributed by atoms with Crippen LogP contribution in [-0.2, 0) is 14.4 Å². The molecule has 0 saturated carbocycles. The first-order valence-electron chi connectivity index (χ1n) is 10.4. The summed E-state index contributed by atoms with van der Waals surface area (Å²) in [5, 5.41) is 2.28.